The molecule has 0 aromatic heterocycles. The van der Waals surface area contributed by atoms with Crippen LogP contribution in [0.15, 0.2) is 138 Å². The molecule has 0 bridgehead atoms. The number of nitrogens with one attached hydrogen (secondary N) is 3. The number of benzene rings is 7. The summed E-state index contributed by atoms with van der Waals surface area (Å²) in [7, 11) is 0. The highest BCUT2D eigenvalue weighted by molar-refractivity contribution is 7.98. The van der Waals surface area contributed by atoms with E-state index in [1.165, 1.54) is 61.5 Å². The van der Waals surface area contributed by atoms with E-state index in [-0.39, 0.29) is 47.8 Å². The van der Waals surface area contributed by atoms with Crippen LogP contribution in [-0.2, 0) is 9.53 Å². The van der Waals surface area contributed by atoms with Gasteiger partial charge in [-0.25, -0.2) is 26.7 Å². The normalized spacial score (nSPS) is 10.1. The maximum Gasteiger partial charge on any atom is 0.335 e. The van der Waals surface area contributed by atoms with Gasteiger partial charge in [-0.15, -0.1) is 11.8 Å². The number of aromatic carboxylic acids is 1. The van der Waals surface area contributed by atoms with Crippen LogP contribution in [0, 0.1) is 29.1 Å². The zero-order chi connectivity index (χ0) is 54.6. The van der Waals surface area contributed by atoms with Crippen LogP contribution in [0.25, 0.3) is 0 Å². The topological polar surface area (TPSA) is 264 Å². The third-order valence-corrected chi connectivity index (χ3v) is 10.7. The molecule has 7 aromatic rings. The van der Waals surface area contributed by atoms with Crippen molar-refractivity contribution in [1.82, 2.24) is 0 Å². The van der Waals surface area contributed by atoms with Gasteiger partial charge in [-0.1, -0.05) is 41.4 Å². The predicted molar refractivity (Wildman–Crippen MR) is 277 cm³/mol. The molecule has 0 radical (unpaired) electrons. The maximum atomic E-state index is 13.4. The van der Waals surface area contributed by atoms with E-state index < -0.39 is 46.5 Å². The van der Waals surface area contributed by atoms with Crippen molar-refractivity contribution in [2.75, 3.05) is 58.4 Å². The van der Waals surface area contributed by atoms with Gasteiger partial charge in [0.2, 0.25) is 5.82 Å². The summed E-state index contributed by atoms with van der Waals surface area (Å²) in [5.41, 5.74) is 25.1. The fraction of sp³-hybridized carbons (Fsp3) is 0.0784. The Morgan fingerprint density at radius 1 is 0.541 bits per heavy atom. The van der Waals surface area contributed by atoms with E-state index in [0.29, 0.717) is 49.8 Å². The molecule has 0 saturated carbocycles. The minimum absolute atomic E-state index is 0.0740. The first-order chi connectivity index (χ1) is 35.1. The molecule has 0 unspecified atom stereocenters. The Bertz CT molecular complexity index is 3070. The van der Waals surface area contributed by atoms with Gasteiger partial charge in [-0.3, -0.25) is 19.2 Å². The molecule has 386 valence electrons. The molecule has 0 heterocycles. The number of halogens is 7. The van der Waals surface area contributed by atoms with E-state index in [2.05, 4.69) is 10.6 Å². The minimum Gasteiger partial charge on any atom is -0.487 e. The number of carbonyl (C=O) groups excluding carboxylic acids is 4. The van der Waals surface area contributed by atoms with E-state index in [1.807, 2.05) is 35.8 Å². The van der Waals surface area contributed by atoms with Crippen molar-refractivity contribution in [2.24, 2.45) is 0 Å². The van der Waals surface area contributed by atoms with Gasteiger partial charge in [0.1, 0.15) is 18.8 Å². The van der Waals surface area contributed by atoms with Crippen molar-refractivity contribution in [3.63, 3.8) is 0 Å². The van der Waals surface area contributed by atoms with Gasteiger partial charge in [0.05, 0.1) is 21.2 Å². The fourth-order valence-electron chi connectivity index (χ4n) is 5.77. The van der Waals surface area contributed by atoms with Crippen molar-refractivity contribution in [3.8, 4) is 5.75 Å². The molecule has 0 atom stereocenters. The van der Waals surface area contributed by atoms with Gasteiger partial charge in [0.25, 0.3) is 17.7 Å². The number of amides is 3. The standard InChI is InChI=1S/C14H12N2O3.C14H14N2OS.C13H7F5N2O.C10H11Cl2NO3/c15-11-4-6-12(7-5-11)16-13(17)9-2-1-3-10(8-9)14(18)19;1-18-13-5-3-2-4-12(13)14(17)16-11-8-6-10(15)7-9-11;14-8-7(9(15)11(17)12(18)10(8)16)13(21)20-6-3-1-5(19)2-4-6;1-6(14)15-2-3-16-10-8(11)4-7(13)5-9(10)12/h1-8H,15H2,(H,16,17)(H,18,19);2-9H,15H2,1H3,(H,16,17);1-4H,19H2,(H,20,21);4-5H,2-3,13H2,1H3. The summed E-state index contributed by atoms with van der Waals surface area (Å²) in [5, 5.41) is 17.0. The third-order valence-electron chi connectivity index (χ3n) is 9.32. The summed E-state index contributed by atoms with van der Waals surface area (Å²) < 4.78 is 75.7. The average Bonchev–Trinajstić information content (AvgIpc) is 3.37. The molecular weight excluding hydrogens is 1040 g/mol. The van der Waals surface area contributed by atoms with Crippen LogP contribution >= 0.6 is 35.0 Å². The molecule has 15 nitrogen and oxygen atoms in total. The van der Waals surface area contributed by atoms with Crippen LogP contribution in [0.2, 0.25) is 10.0 Å². The lowest BCUT2D eigenvalue weighted by Gasteiger charge is -2.10. The number of nitrogen functional groups attached to an aromatic ring is 4. The highest BCUT2D eigenvalue weighted by Crippen LogP contribution is 2.35. The summed E-state index contributed by atoms with van der Waals surface area (Å²) >= 11 is 13.3. The van der Waals surface area contributed by atoms with Gasteiger partial charge in [0.15, 0.2) is 29.0 Å². The van der Waals surface area contributed by atoms with Gasteiger partial charge in [-0.05, 0) is 122 Å². The third kappa shape index (κ3) is 17.4. The Morgan fingerprint density at radius 2 is 0.973 bits per heavy atom. The van der Waals surface area contributed by atoms with E-state index in [4.69, 9.17) is 60.7 Å². The SMILES string of the molecule is CC(=O)OCCOc1c(Cl)cc(N)cc1Cl.CSc1ccccc1C(=O)Nc1ccc(N)cc1.Nc1ccc(NC(=O)c2c(F)c(F)c(F)c(F)c2F)cc1.Nc1ccc(NC(=O)c2cccc(C(=O)O)c2)cc1. The number of anilines is 7. The van der Waals surface area contributed by atoms with E-state index >= 15 is 0 Å². The Balaban J connectivity index is 0.000000215. The van der Waals surface area contributed by atoms with Crippen molar-refractivity contribution < 1.29 is 60.5 Å². The molecule has 0 aliphatic carbocycles. The van der Waals surface area contributed by atoms with Crippen molar-refractivity contribution in [3.05, 3.63) is 195 Å². The van der Waals surface area contributed by atoms with E-state index in [9.17, 15) is 45.9 Å². The summed E-state index contributed by atoms with van der Waals surface area (Å²) in [6.45, 7) is 1.65. The summed E-state index contributed by atoms with van der Waals surface area (Å²) in [4.78, 5) is 58.0. The number of nitrogens with two attached hydrogens (primary N) is 4. The molecular formula is C51H44Cl2F5N7O8S. The van der Waals surface area contributed by atoms with E-state index in [1.54, 1.807) is 66.4 Å². The molecule has 7 rings (SSSR count). The Labute approximate surface area is 433 Å². The first kappa shape index (κ1) is 58.0. The van der Waals surface area contributed by atoms with Gasteiger partial charge in [-0.2, -0.15) is 0 Å². The van der Waals surface area contributed by atoms with Gasteiger partial charge in [0, 0.05) is 57.2 Å². The summed E-state index contributed by atoms with van der Waals surface area (Å²) in [5.74, 6) is -14.1. The largest absolute Gasteiger partial charge is 0.487 e. The number of hydrogen-bond acceptors (Lipinski definition) is 12. The molecule has 0 spiro atoms. The summed E-state index contributed by atoms with van der Waals surface area (Å²) in [6.07, 6.45) is 1.95. The molecule has 23 heteroatoms. The van der Waals surface area contributed by atoms with Crippen LogP contribution in [0.1, 0.15) is 48.4 Å². The lowest BCUT2D eigenvalue weighted by molar-refractivity contribution is -0.141. The molecule has 0 saturated heterocycles. The molecule has 7 aromatic carbocycles. The number of rotatable bonds is 12. The van der Waals surface area contributed by atoms with Crippen LogP contribution in [0.5, 0.6) is 5.75 Å². The second kappa shape index (κ2) is 27.9. The number of thioether (sulfide) groups is 1. The summed E-state index contributed by atoms with van der Waals surface area (Å²) in [6, 6.07) is 35.6. The lowest BCUT2D eigenvalue weighted by Crippen LogP contribution is -2.19. The number of carbonyl (C=O) groups is 5. The van der Waals surface area contributed by atoms with Crippen molar-refractivity contribution >= 4 is 104 Å². The number of ether oxygens (including phenoxy) is 2. The molecule has 3 amide bonds. The Hall–Kier alpha value is -8.53. The Kier molecular flexibility index (Phi) is 21.9. The molecule has 74 heavy (non-hydrogen) atoms. The van der Waals surface area contributed by atoms with Crippen LogP contribution in [-0.4, -0.2) is 54.2 Å². The molecule has 0 fully saturated rings. The first-order valence-electron chi connectivity index (χ1n) is 21.1. The number of esters is 1. The van der Waals surface area contributed by atoms with Gasteiger partial charge < -0.3 is 53.5 Å². The van der Waals surface area contributed by atoms with Crippen LogP contribution in [0.3, 0.4) is 0 Å². The first-order valence-corrected chi connectivity index (χ1v) is 23.1. The fourth-order valence-corrected chi connectivity index (χ4v) is 6.98. The highest BCUT2D eigenvalue weighted by Gasteiger charge is 2.30. The number of carboxylic acid groups (broad SMARTS) is 1. The second-order valence-electron chi connectivity index (χ2n) is 14.8. The second-order valence-corrected chi connectivity index (χ2v) is 16.4. The highest BCUT2D eigenvalue weighted by atomic mass is 35.5. The lowest BCUT2D eigenvalue weighted by atomic mass is 10.1. The van der Waals surface area contributed by atoms with Gasteiger partial charge >= 0.3 is 11.9 Å². The van der Waals surface area contributed by atoms with Crippen molar-refractivity contribution in [1.29, 1.82) is 0 Å². The Morgan fingerprint density at radius 3 is 1.43 bits per heavy atom. The monoisotopic (exact) mass is 1080 g/mol. The van der Waals surface area contributed by atoms with Crippen LogP contribution < -0.4 is 43.6 Å². The zero-order valence-electron chi connectivity index (χ0n) is 38.8. The minimum atomic E-state index is -2.32. The zero-order valence-corrected chi connectivity index (χ0v) is 41.1. The molecule has 0 aliphatic rings. The maximum absolute atomic E-state index is 13.4. The number of hydrogen-bond donors (Lipinski definition) is 8. The quantitative estimate of drug-likeness (QED) is 0.0108. The predicted octanol–water partition coefficient (Wildman–Crippen LogP) is 11.2. The van der Waals surface area contributed by atoms with E-state index in [0.717, 1.165) is 10.6 Å². The number of carboxylic acids is 1. The van der Waals surface area contributed by atoms with Crippen LogP contribution in [0.4, 0.5) is 61.8 Å². The smallest absolute Gasteiger partial charge is 0.335 e. The molecule has 12 N–H and O–H groups in total. The average molecular weight is 1080 g/mol. The molecule has 0 aliphatic heterocycles. The van der Waals surface area contributed by atoms with Crippen molar-refractivity contribution in [2.45, 2.75) is 11.8 Å².